The van der Waals surface area contributed by atoms with Crippen LogP contribution in [0.2, 0.25) is 0 Å². The van der Waals surface area contributed by atoms with Gasteiger partial charge in [0.15, 0.2) is 0 Å². The van der Waals surface area contributed by atoms with Gasteiger partial charge in [0.2, 0.25) is 0 Å². The van der Waals surface area contributed by atoms with E-state index >= 15 is 0 Å². The van der Waals surface area contributed by atoms with Gasteiger partial charge in [-0.25, -0.2) is 0 Å². The van der Waals surface area contributed by atoms with Crippen molar-refractivity contribution in [3.8, 4) is 0 Å². The third-order valence-electron chi connectivity index (χ3n) is 0.574. The van der Waals surface area contributed by atoms with Crippen LogP contribution >= 0.6 is 17.1 Å². The maximum absolute atomic E-state index is 5.45. The van der Waals surface area contributed by atoms with Gasteiger partial charge in [-0.15, -0.1) is 0 Å². The van der Waals surface area contributed by atoms with E-state index in [0.717, 1.165) is 0 Å². The maximum atomic E-state index is 5.45. The SMILES string of the molecule is S=P1(Cl)OCCO1. The Morgan fingerprint density at radius 2 is 1.86 bits per heavy atom. The van der Waals surface area contributed by atoms with Crippen molar-refractivity contribution in [1.82, 2.24) is 0 Å². The molecule has 0 atom stereocenters. The molecular weight excluding hydrogens is 155 g/mol. The molecule has 0 aromatic heterocycles. The van der Waals surface area contributed by atoms with Crippen LogP contribution in [0.4, 0.5) is 0 Å². The second kappa shape index (κ2) is 2.00. The lowest BCUT2D eigenvalue weighted by Crippen LogP contribution is -1.79. The number of halogens is 1. The number of hydrogen-bond acceptors (Lipinski definition) is 3. The number of hydrogen-bond donors (Lipinski definition) is 0. The van der Waals surface area contributed by atoms with Crippen molar-refractivity contribution in [2.75, 3.05) is 13.2 Å². The van der Waals surface area contributed by atoms with Gasteiger partial charge in [0.05, 0.1) is 13.2 Å². The summed E-state index contributed by atoms with van der Waals surface area (Å²) in [7, 11) is 0. The highest BCUT2D eigenvalue weighted by molar-refractivity contribution is 8.22. The van der Waals surface area contributed by atoms with E-state index in [1.807, 2.05) is 0 Å². The van der Waals surface area contributed by atoms with E-state index in [1.165, 1.54) is 0 Å². The van der Waals surface area contributed by atoms with Gasteiger partial charge in [-0.3, -0.25) is 0 Å². The van der Waals surface area contributed by atoms with E-state index in [9.17, 15) is 0 Å². The third kappa shape index (κ3) is 1.67. The van der Waals surface area contributed by atoms with Gasteiger partial charge < -0.3 is 9.05 Å². The lowest BCUT2D eigenvalue weighted by molar-refractivity contribution is 0.365. The van der Waals surface area contributed by atoms with Crippen molar-refractivity contribution in [2.45, 2.75) is 0 Å². The maximum Gasteiger partial charge on any atom is 0.282 e. The molecule has 1 aliphatic rings. The summed E-state index contributed by atoms with van der Waals surface area (Å²) < 4.78 is 9.62. The summed E-state index contributed by atoms with van der Waals surface area (Å²) in [6, 6.07) is 0. The molecule has 7 heavy (non-hydrogen) atoms. The van der Waals surface area contributed by atoms with Crippen molar-refractivity contribution >= 4 is 28.9 Å². The molecule has 1 saturated heterocycles. The zero-order valence-electron chi connectivity index (χ0n) is 3.46. The Labute approximate surface area is 51.7 Å². The molecule has 1 rings (SSSR count). The molecule has 0 N–H and O–H groups in total. The second-order valence-corrected chi connectivity index (χ2v) is 5.85. The minimum atomic E-state index is -2.24. The van der Waals surface area contributed by atoms with E-state index in [2.05, 4.69) is 11.8 Å². The van der Waals surface area contributed by atoms with Crippen molar-refractivity contribution in [1.29, 1.82) is 0 Å². The van der Waals surface area contributed by atoms with E-state index in [0.29, 0.717) is 13.2 Å². The van der Waals surface area contributed by atoms with Crippen LogP contribution in [0.1, 0.15) is 0 Å². The highest BCUT2D eigenvalue weighted by Crippen LogP contribution is 2.56. The van der Waals surface area contributed by atoms with Crippen LogP contribution in [0.5, 0.6) is 0 Å². The molecule has 5 heteroatoms. The standard InChI is InChI=1S/C2H4ClO2PS/c3-6(7)4-1-2-5-6/h1-2H2. The highest BCUT2D eigenvalue weighted by atomic mass is 35.7. The van der Waals surface area contributed by atoms with E-state index in [4.69, 9.17) is 20.3 Å². The fourth-order valence-electron chi connectivity index (χ4n) is 0.330. The molecule has 0 aliphatic carbocycles. The normalized spacial score (nSPS) is 28.1. The Hall–Kier alpha value is 0.860. The fourth-order valence-corrected chi connectivity index (χ4v) is 1.85. The first-order chi connectivity index (χ1) is 3.21. The van der Waals surface area contributed by atoms with Crippen molar-refractivity contribution in [3.05, 3.63) is 0 Å². The summed E-state index contributed by atoms with van der Waals surface area (Å²) in [4.78, 5) is 0. The quantitative estimate of drug-likeness (QED) is 0.498. The zero-order valence-corrected chi connectivity index (χ0v) is 5.93. The monoisotopic (exact) mass is 158 g/mol. The van der Waals surface area contributed by atoms with Gasteiger partial charge in [-0.1, -0.05) is 0 Å². The summed E-state index contributed by atoms with van der Waals surface area (Å²) in [6.07, 6.45) is 0. The highest BCUT2D eigenvalue weighted by Gasteiger charge is 2.20. The number of rotatable bonds is 0. The smallest absolute Gasteiger partial charge is 0.282 e. The topological polar surface area (TPSA) is 18.5 Å². The zero-order chi connectivity index (χ0) is 5.33. The molecule has 2 nitrogen and oxygen atoms in total. The summed E-state index contributed by atoms with van der Waals surface area (Å²) in [5.74, 6) is -2.24. The van der Waals surface area contributed by atoms with Gasteiger partial charge >= 0.3 is 0 Å². The van der Waals surface area contributed by atoms with Gasteiger partial charge in [-0.05, 0) is 23.0 Å². The predicted molar refractivity (Wildman–Crippen MR) is 32.0 cm³/mol. The summed E-state index contributed by atoms with van der Waals surface area (Å²) >= 11 is 10.1. The molecule has 0 aromatic carbocycles. The molecule has 0 saturated carbocycles. The average Bonchev–Trinajstić information content (AvgIpc) is 1.84. The molecule has 0 radical (unpaired) electrons. The lowest BCUT2D eigenvalue weighted by atomic mass is 10.8. The summed E-state index contributed by atoms with van der Waals surface area (Å²) in [5.41, 5.74) is 0. The van der Waals surface area contributed by atoms with Gasteiger partial charge in [0, 0.05) is 0 Å². The lowest BCUT2D eigenvalue weighted by Gasteiger charge is -1.98. The molecule has 0 unspecified atom stereocenters. The van der Waals surface area contributed by atoms with Gasteiger partial charge in [-0.2, -0.15) is 0 Å². The molecule has 42 valence electrons. The summed E-state index contributed by atoms with van der Waals surface area (Å²) in [5, 5.41) is 0. The van der Waals surface area contributed by atoms with Crippen molar-refractivity contribution in [2.24, 2.45) is 0 Å². The Kier molecular flexibility index (Phi) is 1.71. The first kappa shape index (κ1) is 5.99. The van der Waals surface area contributed by atoms with Crippen LogP contribution in [0.25, 0.3) is 0 Å². The van der Waals surface area contributed by atoms with Crippen LogP contribution in [-0.4, -0.2) is 13.2 Å². The molecule has 0 spiro atoms. The first-order valence-corrected chi connectivity index (χ1v) is 5.34. The molecule has 0 amide bonds. The van der Waals surface area contributed by atoms with Crippen LogP contribution in [0.3, 0.4) is 0 Å². The van der Waals surface area contributed by atoms with E-state index in [1.54, 1.807) is 0 Å². The Morgan fingerprint density at radius 3 is 2.00 bits per heavy atom. The first-order valence-electron chi connectivity index (χ1n) is 1.79. The van der Waals surface area contributed by atoms with Crippen molar-refractivity contribution in [3.63, 3.8) is 0 Å². The minimum Gasteiger partial charge on any atom is -0.316 e. The molecular formula is C2H4ClO2PS. The Balaban J connectivity index is 2.57. The van der Waals surface area contributed by atoms with Gasteiger partial charge in [0.25, 0.3) is 5.84 Å². The van der Waals surface area contributed by atoms with Crippen molar-refractivity contribution < 1.29 is 9.05 Å². The van der Waals surface area contributed by atoms with E-state index < -0.39 is 5.84 Å². The minimum absolute atomic E-state index is 0.556. The molecule has 1 heterocycles. The van der Waals surface area contributed by atoms with Crippen LogP contribution < -0.4 is 0 Å². The predicted octanol–water partition coefficient (Wildman–Crippen LogP) is 1.50. The van der Waals surface area contributed by atoms with Gasteiger partial charge in [0.1, 0.15) is 0 Å². The third-order valence-corrected chi connectivity index (χ3v) is 2.77. The molecule has 0 aromatic rings. The Morgan fingerprint density at radius 1 is 1.43 bits per heavy atom. The summed E-state index contributed by atoms with van der Waals surface area (Å²) in [6.45, 7) is 1.11. The average molecular weight is 159 g/mol. The van der Waals surface area contributed by atoms with Crippen LogP contribution in [0, 0.1) is 0 Å². The molecule has 1 fully saturated rings. The van der Waals surface area contributed by atoms with E-state index in [-0.39, 0.29) is 0 Å². The second-order valence-electron chi connectivity index (χ2n) is 1.10. The molecule has 1 aliphatic heterocycles. The largest absolute Gasteiger partial charge is 0.316 e. The van der Waals surface area contributed by atoms with Crippen LogP contribution in [0.15, 0.2) is 0 Å². The van der Waals surface area contributed by atoms with Crippen LogP contribution in [-0.2, 0) is 20.9 Å². The molecule has 0 bridgehead atoms. The fraction of sp³-hybridized carbons (Fsp3) is 1.00. The Bertz CT molecular complexity index is 106.